The second-order valence-electron chi connectivity index (χ2n) is 11.7. The van der Waals surface area contributed by atoms with Gasteiger partial charge in [-0.05, 0) is 86.3 Å². The third-order valence-corrected chi connectivity index (χ3v) is 8.85. The number of alkyl halides is 1. The summed E-state index contributed by atoms with van der Waals surface area (Å²) < 4.78 is 43.9. The summed E-state index contributed by atoms with van der Waals surface area (Å²) in [6.45, 7) is 0.487. The summed E-state index contributed by atoms with van der Waals surface area (Å²) in [6, 6.07) is 17.7. The highest BCUT2D eigenvalue weighted by molar-refractivity contribution is 9.09. The Labute approximate surface area is 308 Å². The quantitative estimate of drug-likeness (QED) is 0.0832. The Hall–Kier alpha value is -5.30. The molecule has 2 amide bonds. The van der Waals surface area contributed by atoms with E-state index >= 15 is 0 Å². The minimum absolute atomic E-state index is 0.0560. The maximum Gasteiger partial charge on any atom is 0.337 e. The van der Waals surface area contributed by atoms with Crippen molar-refractivity contribution >= 4 is 51.1 Å². The minimum Gasteiger partial charge on any atom is -0.497 e. The van der Waals surface area contributed by atoms with E-state index in [4.69, 9.17) is 14.2 Å². The zero-order chi connectivity index (χ0) is 37.8. The van der Waals surface area contributed by atoms with Crippen LogP contribution in [0.5, 0.6) is 11.5 Å². The number of amides is 2. The minimum atomic E-state index is -1.09. The van der Waals surface area contributed by atoms with Crippen molar-refractivity contribution in [3.05, 3.63) is 95.6 Å². The molecule has 5 rings (SSSR count). The monoisotopic (exact) mass is 780 g/mol. The average molecular weight is 782 g/mol. The maximum atomic E-state index is 14.4. The number of unbranched alkanes of at least 4 members (excludes halogenated alkanes) is 1. The number of methoxy groups -OCH3 is 3. The van der Waals surface area contributed by atoms with Gasteiger partial charge in [0.1, 0.15) is 23.1 Å². The van der Waals surface area contributed by atoms with Crippen LogP contribution in [0.2, 0.25) is 0 Å². The van der Waals surface area contributed by atoms with E-state index in [1.165, 1.54) is 69.9 Å². The highest BCUT2D eigenvalue weighted by Gasteiger charge is 2.25. The number of aromatic carboxylic acids is 1. The number of carboxylic acids is 1. The molecule has 1 saturated heterocycles. The Bertz CT molecular complexity index is 1940. The number of carbonyl (C=O) groups is 4. The smallest absolute Gasteiger partial charge is 0.337 e. The van der Waals surface area contributed by atoms with Gasteiger partial charge in [0.25, 0.3) is 0 Å². The van der Waals surface area contributed by atoms with Gasteiger partial charge in [-0.15, -0.1) is 0 Å². The third-order valence-electron chi connectivity index (χ3n) is 8.29. The standard InChI is InChI=1S/C20H21BrFNO4.C19H18FNO4/c1-26-14-7-9-17(22)16(12-14)15-8-6-13(20(25)27-2)11-18(15)23-19(24)5-3-4-10-21;1-25-13-6-8-16(20)15(11-13)14-7-5-12(19(23)24)10-17(14)21-9-3-2-4-18(21)22/h6-9,11-12H,3-5,10H2,1-2H3,(H,23,24);5-8,10-11H,2-4,9H2,1H3,(H,23,24). The van der Waals surface area contributed by atoms with Crippen molar-refractivity contribution in [2.45, 2.75) is 38.5 Å². The molecule has 1 aliphatic heterocycles. The molecular weight excluding hydrogens is 742 g/mol. The van der Waals surface area contributed by atoms with E-state index in [1.54, 1.807) is 29.2 Å². The Morgan fingerprint density at radius 1 is 0.788 bits per heavy atom. The van der Waals surface area contributed by atoms with Gasteiger partial charge in [-0.25, -0.2) is 18.4 Å². The molecule has 1 aliphatic rings. The summed E-state index contributed by atoms with van der Waals surface area (Å²) in [6.07, 6.45) is 3.94. The predicted molar refractivity (Wildman–Crippen MR) is 198 cm³/mol. The van der Waals surface area contributed by atoms with Crippen LogP contribution >= 0.6 is 15.9 Å². The lowest BCUT2D eigenvalue weighted by atomic mass is 9.98. The van der Waals surface area contributed by atoms with Crippen LogP contribution in [0, 0.1) is 11.6 Å². The number of rotatable bonds is 12. The van der Waals surface area contributed by atoms with Gasteiger partial charge in [0, 0.05) is 52.7 Å². The summed E-state index contributed by atoms with van der Waals surface area (Å²) in [5, 5.41) is 12.9. The molecule has 52 heavy (non-hydrogen) atoms. The van der Waals surface area contributed by atoms with Crippen molar-refractivity contribution in [1.82, 2.24) is 0 Å². The van der Waals surface area contributed by atoms with Crippen LogP contribution in [0.3, 0.4) is 0 Å². The normalized spacial score (nSPS) is 12.3. The zero-order valence-electron chi connectivity index (χ0n) is 29.0. The first kappa shape index (κ1) is 39.5. The highest BCUT2D eigenvalue weighted by atomic mass is 79.9. The van der Waals surface area contributed by atoms with E-state index < -0.39 is 23.6 Å². The molecule has 0 bridgehead atoms. The molecule has 2 N–H and O–H groups in total. The number of halogens is 3. The summed E-state index contributed by atoms with van der Waals surface area (Å²) in [5.74, 6) is -1.88. The fourth-order valence-corrected chi connectivity index (χ4v) is 5.97. The summed E-state index contributed by atoms with van der Waals surface area (Å²) >= 11 is 3.33. The number of piperidine rings is 1. The van der Waals surface area contributed by atoms with Crippen LogP contribution in [-0.2, 0) is 14.3 Å². The fourth-order valence-electron chi connectivity index (χ4n) is 5.57. The number of nitrogens with one attached hydrogen (secondary N) is 1. The average Bonchev–Trinajstić information content (AvgIpc) is 3.15. The summed E-state index contributed by atoms with van der Waals surface area (Å²) in [5.41, 5.74) is 2.53. The number of ether oxygens (including phenoxy) is 3. The Morgan fingerprint density at radius 2 is 1.40 bits per heavy atom. The molecule has 274 valence electrons. The van der Waals surface area contributed by atoms with Crippen molar-refractivity contribution < 1.29 is 47.3 Å². The number of carboxylic acid groups (broad SMARTS) is 1. The lowest BCUT2D eigenvalue weighted by Crippen LogP contribution is -2.35. The van der Waals surface area contributed by atoms with Crippen LogP contribution in [0.4, 0.5) is 20.2 Å². The number of hydrogen-bond donors (Lipinski definition) is 2. The van der Waals surface area contributed by atoms with Gasteiger partial charge in [-0.1, -0.05) is 28.1 Å². The first-order valence-electron chi connectivity index (χ1n) is 16.4. The van der Waals surface area contributed by atoms with Gasteiger partial charge in [-0.3, -0.25) is 9.59 Å². The van der Waals surface area contributed by atoms with Crippen LogP contribution in [0.25, 0.3) is 22.3 Å². The third kappa shape index (κ3) is 9.93. The van der Waals surface area contributed by atoms with Gasteiger partial charge in [0.05, 0.1) is 38.1 Å². The summed E-state index contributed by atoms with van der Waals surface area (Å²) in [7, 11) is 4.25. The number of nitrogens with zero attached hydrogens (tertiary/aromatic N) is 1. The van der Waals surface area contributed by atoms with Crippen LogP contribution < -0.4 is 19.7 Å². The van der Waals surface area contributed by atoms with Gasteiger partial charge in [0.2, 0.25) is 11.8 Å². The lowest BCUT2D eigenvalue weighted by Gasteiger charge is -2.29. The van der Waals surface area contributed by atoms with Crippen LogP contribution in [0.15, 0.2) is 72.8 Å². The molecule has 0 unspecified atom stereocenters. The number of esters is 1. The molecule has 10 nitrogen and oxygen atoms in total. The number of hydrogen-bond acceptors (Lipinski definition) is 7. The largest absolute Gasteiger partial charge is 0.497 e. The van der Waals surface area contributed by atoms with Crippen LogP contribution in [-0.4, -0.2) is 62.1 Å². The summed E-state index contributed by atoms with van der Waals surface area (Å²) in [4.78, 5) is 49.3. The first-order valence-corrected chi connectivity index (χ1v) is 17.6. The predicted octanol–water partition coefficient (Wildman–Crippen LogP) is 8.51. The van der Waals surface area contributed by atoms with Crippen molar-refractivity contribution in [1.29, 1.82) is 0 Å². The topological polar surface area (TPSA) is 131 Å². The van der Waals surface area contributed by atoms with Gasteiger partial charge < -0.3 is 29.5 Å². The van der Waals surface area contributed by atoms with Crippen LogP contribution in [0.1, 0.15) is 59.2 Å². The molecule has 4 aromatic carbocycles. The SMILES string of the molecule is COC(=O)c1ccc(-c2cc(OC)ccc2F)c(NC(=O)CCCCBr)c1.COc1ccc(F)c(-c2ccc(C(=O)O)cc2N2CCCCC2=O)c1. The molecular formula is C39H39BrF2N2O8. The van der Waals surface area contributed by atoms with E-state index in [2.05, 4.69) is 21.2 Å². The molecule has 4 aromatic rings. The van der Waals surface area contributed by atoms with Crippen molar-refractivity contribution in [2.24, 2.45) is 0 Å². The van der Waals surface area contributed by atoms with Gasteiger partial charge >= 0.3 is 11.9 Å². The Balaban J connectivity index is 0.000000233. The maximum absolute atomic E-state index is 14.4. The molecule has 0 aromatic heterocycles. The molecule has 1 fully saturated rings. The Kier molecular flexibility index (Phi) is 14.3. The second-order valence-corrected chi connectivity index (χ2v) is 12.5. The van der Waals surface area contributed by atoms with E-state index in [0.717, 1.165) is 31.0 Å². The van der Waals surface area contributed by atoms with E-state index in [1.807, 2.05) is 0 Å². The van der Waals surface area contributed by atoms with Crippen molar-refractivity contribution in [3.8, 4) is 33.8 Å². The van der Waals surface area contributed by atoms with Gasteiger partial charge in [-0.2, -0.15) is 0 Å². The van der Waals surface area contributed by atoms with Gasteiger partial charge in [0.15, 0.2) is 0 Å². The van der Waals surface area contributed by atoms with E-state index in [0.29, 0.717) is 53.4 Å². The number of benzene rings is 4. The molecule has 0 atom stereocenters. The van der Waals surface area contributed by atoms with Crippen molar-refractivity contribution in [3.63, 3.8) is 0 Å². The Morgan fingerprint density at radius 3 is 1.98 bits per heavy atom. The zero-order valence-corrected chi connectivity index (χ0v) is 30.6. The second kappa shape index (κ2) is 18.8. The van der Waals surface area contributed by atoms with E-state index in [-0.39, 0.29) is 34.1 Å². The highest BCUT2D eigenvalue weighted by Crippen LogP contribution is 2.37. The fraction of sp³-hybridized carbons (Fsp3) is 0.282. The van der Waals surface area contributed by atoms with Crippen molar-refractivity contribution in [2.75, 3.05) is 43.4 Å². The first-order chi connectivity index (χ1) is 25.0. The molecule has 0 radical (unpaired) electrons. The molecule has 13 heteroatoms. The molecule has 0 spiro atoms. The molecule has 1 heterocycles. The lowest BCUT2D eigenvalue weighted by molar-refractivity contribution is -0.119. The van der Waals surface area contributed by atoms with E-state index in [9.17, 15) is 33.1 Å². The number of anilines is 2. The number of carbonyl (C=O) groups excluding carboxylic acids is 3. The molecule has 0 saturated carbocycles. The molecule has 0 aliphatic carbocycles.